The largest absolute Gasteiger partial charge is 0.387 e. The van der Waals surface area contributed by atoms with Gasteiger partial charge in [0.25, 0.3) is 0 Å². The van der Waals surface area contributed by atoms with E-state index < -0.39 is 0 Å². The lowest BCUT2D eigenvalue weighted by Gasteiger charge is -2.21. The Labute approximate surface area is 143 Å². The van der Waals surface area contributed by atoms with Gasteiger partial charge in [-0.3, -0.25) is 4.99 Å². The molecule has 0 bridgehead atoms. The molecule has 1 saturated heterocycles. The molecule has 1 fully saturated rings. The number of hydrogen-bond donors (Lipinski definition) is 2. The lowest BCUT2D eigenvalue weighted by molar-refractivity contribution is 0.455. The molecule has 1 heterocycles. The average molecular weight is 321 g/mol. The van der Waals surface area contributed by atoms with Gasteiger partial charge in [0.15, 0.2) is 0 Å². The van der Waals surface area contributed by atoms with Crippen LogP contribution in [0.25, 0.3) is 0 Å². The third-order valence-electron chi connectivity index (χ3n) is 3.26. The third kappa shape index (κ3) is 16.5. The minimum absolute atomic E-state index is 0.449. The zero-order valence-corrected chi connectivity index (χ0v) is 15.4. The molecule has 0 spiro atoms. The highest BCUT2D eigenvalue weighted by Crippen LogP contribution is 2.10. The maximum Gasteiger partial charge on any atom is 0.111 e. The van der Waals surface area contributed by atoms with Crippen molar-refractivity contribution in [3.8, 4) is 0 Å². The molecule has 23 heavy (non-hydrogen) atoms. The molecular weight excluding hydrogens is 284 g/mol. The van der Waals surface area contributed by atoms with Crippen molar-refractivity contribution >= 4 is 12.2 Å². The molecule has 0 aromatic carbocycles. The Bertz CT molecular complexity index is 364. The summed E-state index contributed by atoms with van der Waals surface area (Å²) in [5, 5.41) is 3.29. The quantitative estimate of drug-likeness (QED) is 0.335. The van der Waals surface area contributed by atoms with E-state index in [0.717, 1.165) is 56.7 Å². The number of nitrogens with zero attached hydrogens (tertiary/aromatic N) is 2. The standard InChI is InChI=1S/C9H18N4.C6H10.C4H8/c1-2-11-7-13-9(10)8-3-5-12-6-4-8;1-4-6(3)5-2;1-3-4-2/h7-8,12H,2-6H2,1H3,(H2,10,11,13);4H,1,3,5H2,2H3;3H,1,4H2,2H3. The molecule has 1 aliphatic heterocycles. The molecular formula is C19H36N4. The lowest BCUT2D eigenvalue weighted by atomic mass is 9.97. The van der Waals surface area contributed by atoms with Crippen LogP contribution in [0.4, 0.5) is 0 Å². The molecule has 0 radical (unpaired) electrons. The summed E-state index contributed by atoms with van der Waals surface area (Å²) in [6, 6.07) is 0. The van der Waals surface area contributed by atoms with Crippen molar-refractivity contribution in [2.45, 2.75) is 46.5 Å². The number of rotatable bonds is 6. The van der Waals surface area contributed by atoms with Crippen molar-refractivity contribution < 1.29 is 0 Å². The lowest BCUT2D eigenvalue weighted by Crippen LogP contribution is -2.35. The molecule has 0 aromatic rings. The van der Waals surface area contributed by atoms with Crippen molar-refractivity contribution in [1.82, 2.24) is 5.32 Å². The van der Waals surface area contributed by atoms with Crippen LogP contribution in [-0.2, 0) is 0 Å². The maximum absolute atomic E-state index is 5.82. The Morgan fingerprint density at radius 3 is 2.13 bits per heavy atom. The van der Waals surface area contributed by atoms with Crippen LogP contribution in [0.1, 0.15) is 46.5 Å². The summed E-state index contributed by atoms with van der Waals surface area (Å²) < 4.78 is 0. The van der Waals surface area contributed by atoms with Crippen LogP contribution in [0.3, 0.4) is 0 Å². The number of amidine groups is 1. The predicted molar refractivity (Wildman–Crippen MR) is 106 cm³/mol. The van der Waals surface area contributed by atoms with Gasteiger partial charge in [-0.05, 0) is 45.7 Å². The van der Waals surface area contributed by atoms with Gasteiger partial charge >= 0.3 is 0 Å². The second kappa shape index (κ2) is 18.4. The van der Waals surface area contributed by atoms with Gasteiger partial charge < -0.3 is 11.1 Å². The monoisotopic (exact) mass is 320 g/mol. The molecule has 4 nitrogen and oxygen atoms in total. The van der Waals surface area contributed by atoms with Crippen molar-refractivity contribution in [1.29, 1.82) is 0 Å². The van der Waals surface area contributed by atoms with Gasteiger partial charge in [0, 0.05) is 12.5 Å². The van der Waals surface area contributed by atoms with E-state index in [2.05, 4.69) is 48.9 Å². The highest BCUT2D eigenvalue weighted by atomic mass is 14.9. The number of aliphatic imine (C=N–C) groups is 2. The van der Waals surface area contributed by atoms with E-state index in [9.17, 15) is 0 Å². The van der Waals surface area contributed by atoms with Gasteiger partial charge in [0.1, 0.15) is 12.2 Å². The third-order valence-corrected chi connectivity index (χ3v) is 3.26. The molecule has 0 aromatic heterocycles. The first-order valence-corrected chi connectivity index (χ1v) is 8.50. The molecule has 0 atom stereocenters. The summed E-state index contributed by atoms with van der Waals surface area (Å²) >= 11 is 0. The number of nitrogens with two attached hydrogens (primary N) is 1. The fourth-order valence-electron chi connectivity index (χ4n) is 1.56. The van der Waals surface area contributed by atoms with E-state index in [0.29, 0.717) is 5.92 Å². The van der Waals surface area contributed by atoms with Gasteiger partial charge in [-0.2, -0.15) is 0 Å². The minimum atomic E-state index is 0.449. The molecule has 0 amide bonds. The summed E-state index contributed by atoms with van der Waals surface area (Å²) in [7, 11) is 0. The van der Waals surface area contributed by atoms with E-state index >= 15 is 0 Å². The Kier molecular flexibility index (Phi) is 18.8. The summed E-state index contributed by atoms with van der Waals surface area (Å²) in [6.07, 6.45) is 9.51. The summed E-state index contributed by atoms with van der Waals surface area (Å²) in [5.74, 6) is 1.18. The molecule has 1 rings (SSSR count). The van der Waals surface area contributed by atoms with Gasteiger partial charge in [-0.1, -0.05) is 44.7 Å². The molecule has 4 heteroatoms. The Hall–Kier alpha value is -1.68. The number of hydrogen-bond acceptors (Lipinski definition) is 2. The smallest absolute Gasteiger partial charge is 0.111 e. The molecule has 0 aliphatic carbocycles. The van der Waals surface area contributed by atoms with E-state index in [-0.39, 0.29) is 0 Å². The maximum atomic E-state index is 5.82. The van der Waals surface area contributed by atoms with E-state index in [1.165, 1.54) is 0 Å². The second-order valence-electron chi connectivity index (χ2n) is 5.11. The number of allylic oxidation sites excluding steroid dienone is 3. The highest BCUT2D eigenvalue weighted by molar-refractivity contribution is 5.89. The van der Waals surface area contributed by atoms with Crippen LogP contribution in [0.2, 0.25) is 0 Å². The van der Waals surface area contributed by atoms with Crippen LogP contribution in [0, 0.1) is 5.92 Å². The molecule has 0 saturated carbocycles. The van der Waals surface area contributed by atoms with Crippen molar-refractivity contribution in [2.24, 2.45) is 21.6 Å². The van der Waals surface area contributed by atoms with Crippen molar-refractivity contribution in [3.05, 3.63) is 37.5 Å². The molecule has 1 aliphatic rings. The average Bonchev–Trinajstić information content (AvgIpc) is 2.62. The Balaban J connectivity index is 0. The van der Waals surface area contributed by atoms with Crippen LogP contribution in [-0.4, -0.2) is 31.8 Å². The van der Waals surface area contributed by atoms with E-state index in [4.69, 9.17) is 5.73 Å². The van der Waals surface area contributed by atoms with Crippen LogP contribution >= 0.6 is 0 Å². The summed E-state index contributed by atoms with van der Waals surface area (Å²) in [4.78, 5) is 8.11. The van der Waals surface area contributed by atoms with Gasteiger partial charge in [-0.15, -0.1) is 6.58 Å². The SMILES string of the molecule is C=CC(=C)CC.C=CCC.CCN=CN=C(N)C1CCNCC1. The number of piperidine rings is 1. The van der Waals surface area contributed by atoms with Gasteiger partial charge in [-0.25, -0.2) is 4.99 Å². The van der Waals surface area contributed by atoms with Gasteiger partial charge in [0.05, 0.1) is 0 Å². The van der Waals surface area contributed by atoms with Gasteiger partial charge in [0.2, 0.25) is 0 Å². The molecule has 0 unspecified atom stereocenters. The minimum Gasteiger partial charge on any atom is -0.387 e. The first-order chi connectivity index (χ1) is 11.1. The predicted octanol–water partition coefficient (Wildman–Crippen LogP) is 4.11. The fraction of sp³-hybridized carbons (Fsp3) is 0.579. The normalized spacial score (nSPS) is 15.0. The van der Waals surface area contributed by atoms with E-state index in [1.54, 1.807) is 12.4 Å². The van der Waals surface area contributed by atoms with Crippen LogP contribution in [0.5, 0.6) is 0 Å². The first-order valence-electron chi connectivity index (χ1n) is 8.50. The van der Waals surface area contributed by atoms with Crippen LogP contribution in [0.15, 0.2) is 47.4 Å². The second-order valence-corrected chi connectivity index (χ2v) is 5.11. The Morgan fingerprint density at radius 2 is 1.78 bits per heavy atom. The number of nitrogens with one attached hydrogen (secondary N) is 1. The topological polar surface area (TPSA) is 62.8 Å². The summed E-state index contributed by atoms with van der Waals surface area (Å²) in [5.41, 5.74) is 6.93. The Morgan fingerprint density at radius 1 is 1.22 bits per heavy atom. The summed E-state index contributed by atoms with van der Waals surface area (Å²) in [6.45, 7) is 19.6. The zero-order chi connectivity index (χ0) is 17.9. The first kappa shape index (κ1) is 23.6. The van der Waals surface area contributed by atoms with Crippen LogP contribution < -0.4 is 11.1 Å². The highest BCUT2D eigenvalue weighted by Gasteiger charge is 2.15. The van der Waals surface area contributed by atoms with E-state index in [1.807, 2.05) is 13.0 Å². The molecule has 132 valence electrons. The molecule has 3 N–H and O–H groups in total. The fourth-order valence-corrected chi connectivity index (χ4v) is 1.56. The van der Waals surface area contributed by atoms with Crippen molar-refractivity contribution in [3.63, 3.8) is 0 Å². The van der Waals surface area contributed by atoms with Crippen molar-refractivity contribution in [2.75, 3.05) is 19.6 Å². The zero-order valence-electron chi connectivity index (χ0n) is 15.4.